The van der Waals surface area contributed by atoms with Gasteiger partial charge in [-0.25, -0.2) is 15.0 Å². The van der Waals surface area contributed by atoms with Gasteiger partial charge < -0.3 is 16.2 Å². The Bertz CT molecular complexity index is 786. The molecule has 0 saturated heterocycles. The average molecular weight is 281 g/mol. The van der Waals surface area contributed by atoms with Gasteiger partial charge in [0.15, 0.2) is 0 Å². The van der Waals surface area contributed by atoms with Crippen LogP contribution in [0.3, 0.4) is 0 Å². The molecule has 21 heavy (non-hydrogen) atoms. The second-order valence-corrected chi connectivity index (χ2v) is 4.64. The topological polar surface area (TPSA) is 99.9 Å². The molecule has 0 spiro atoms. The van der Waals surface area contributed by atoms with Crippen molar-refractivity contribution in [1.29, 1.82) is 0 Å². The third-order valence-electron chi connectivity index (χ3n) is 3.26. The lowest BCUT2D eigenvalue weighted by atomic mass is 10.1. The lowest BCUT2D eigenvalue weighted by Crippen LogP contribution is -2.04. The Morgan fingerprint density at radius 1 is 1.05 bits per heavy atom. The molecule has 2 heterocycles. The first-order valence-electron chi connectivity index (χ1n) is 6.47. The van der Waals surface area contributed by atoms with Crippen LogP contribution in [0.4, 0.5) is 11.8 Å². The van der Waals surface area contributed by atoms with Gasteiger partial charge in [0.25, 0.3) is 0 Å². The molecule has 106 valence electrons. The maximum atomic E-state index is 5.95. The highest BCUT2D eigenvalue weighted by Gasteiger charge is 2.11. The predicted octanol–water partition coefficient (Wildman–Crippen LogP) is 1.79. The van der Waals surface area contributed by atoms with Gasteiger partial charge in [-0.1, -0.05) is 12.1 Å². The number of nitrogens with two attached hydrogens (primary N) is 2. The van der Waals surface area contributed by atoms with E-state index in [0.29, 0.717) is 17.8 Å². The molecule has 0 aliphatic rings. The summed E-state index contributed by atoms with van der Waals surface area (Å²) in [7, 11) is 1.64. The zero-order chi connectivity index (χ0) is 14.8. The van der Waals surface area contributed by atoms with Crippen LogP contribution in [0.15, 0.2) is 36.5 Å². The molecule has 3 rings (SSSR count). The number of aromatic nitrogens is 3. The zero-order valence-electron chi connectivity index (χ0n) is 11.6. The van der Waals surface area contributed by atoms with Crippen LogP contribution in [0, 0.1) is 0 Å². The Morgan fingerprint density at radius 2 is 1.81 bits per heavy atom. The van der Waals surface area contributed by atoms with Crippen LogP contribution in [0.5, 0.6) is 5.75 Å². The fourth-order valence-electron chi connectivity index (χ4n) is 2.26. The van der Waals surface area contributed by atoms with Crippen molar-refractivity contribution in [2.75, 3.05) is 18.6 Å². The number of ether oxygens (including phenoxy) is 1. The summed E-state index contributed by atoms with van der Waals surface area (Å²) in [5.74, 6) is 1.46. The molecule has 0 unspecified atom stereocenters. The zero-order valence-corrected chi connectivity index (χ0v) is 11.6. The number of nitrogen functional groups attached to an aromatic ring is 2. The Balaban J connectivity index is 2.06. The molecule has 0 atom stereocenters. The fourth-order valence-corrected chi connectivity index (χ4v) is 2.26. The third-order valence-corrected chi connectivity index (χ3v) is 3.26. The van der Waals surface area contributed by atoms with E-state index in [9.17, 15) is 0 Å². The first-order valence-corrected chi connectivity index (χ1v) is 6.47. The standard InChI is InChI=1S/C15H15N5O/c1-21-10-4-2-9(3-5-10)8-12-13-11(19-15(17)20-12)6-7-18-14(13)16/h2-7H,8H2,1H3,(H2,16,18)(H2,17,19,20). The number of pyridine rings is 1. The highest BCUT2D eigenvalue weighted by molar-refractivity contribution is 5.90. The van der Waals surface area contributed by atoms with Crippen molar-refractivity contribution < 1.29 is 4.74 Å². The molecule has 0 aliphatic heterocycles. The molecule has 6 heteroatoms. The summed E-state index contributed by atoms with van der Waals surface area (Å²) in [6, 6.07) is 9.56. The van der Waals surface area contributed by atoms with E-state index in [1.54, 1.807) is 19.4 Å². The van der Waals surface area contributed by atoms with Gasteiger partial charge in [0, 0.05) is 12.6 Å². The highest BCUT2D eigenvalue weighted by atomic mass is 16.5. The predicted molar refractivity (Wildman–Crippen MR) is 82.0 cm³/mol. The quantitative estimate of drug-likeness (QED) is 0.759. The van der Waals surface area contributed by atoms with E-state index in [-0.39, 0.29) is 5.95 Å². The second-order valence-electron chi connectivity index (χ2n) is 4.64. The Morgan fingerprint density at radius 3 is 2.52 bits per heavy atom. The van der Waals surface area contributed by atoms with E-state index >= 15 is 0 Å². The van der Waals surface area contributed by atoms with Crippen molar-refractivity contribution >= 4 is 22.7 Å². The normalized spacial score (nSPS) is 10.7. The molecular weight excluding hydrogens is 266 g/mol. The highest BCUT2D eigenvalue weighted by Crippen LogP contribution is 2.24. The van der Waals surface area contributed by atoms with Gasteiger partial charge in [-0.05, 0) is 23.8 Å². The van der Waals surface area contributed by atoms with Crippen LogP contribution < -0.4 is 16.2 Å². The number of fused-ring (bicyclic) bond motifs is 1. The van der Waals surface area contributed by atoms with Crippen molar-refractivity contribution in [2.24, 2.45) is 0 Å². The number of benzene rings is 1. The van der Waals surface area contributed by atoms with Crippen molar-refractivity contribution in [2.45, 2.75) is 6.42 Å². The molecular formula is C15H15N5O. The van der Waals surface area contributed by atoms with Crippen molar-refractivity contribution in [1.82, 2.24) is 15.0 Å². The molecule has 0 bridgehead atoms. The number of methoxy groups -OCH3 is 1. The summed E-state index contributed by atoms with van der Waals surface area (Å²) in [4.78, 5) is 12.6. The molecule has 2 aromatic heterocycles. The number of hydrogen-bond donors (Lipinski definition) is 2. The van der Waals surface area contributed by atoms with Gasteiger partial charge in [0.2, 0.25) is 5.95 Å². The van der Waals surface area contributed by atoms with E-state index in [1.165, 1.54) is 0 Å². The summed E-state index contributed by atoms with van der Waals surface area (Å²) < 4.78 is 5.15. The van der Waals surface area contributed by atoms with Crippen LogP contribution >= 0.6 is 0 Å². The summed E-state index contributed by atoms with van der Waals surface area (Å²) in [6.07, 6.45) is 2.21. The molecule has 0 amide bonds. The summed E-state index contributed by atoms with van der Waals surface area (Å²) >= 11 is 0. The Hall–Kier alpha value is -2.89. The van der Waals surface area contributed by atoms with Crippen LogP contribution in [-0.2, 0) is 6.42 Å². The average Bonchev–Trinajstić information content (AvgIpc) is 2.47. The third kappa shape index (κ3) is 2.55. The fraction of sp³-hybridized carbons (Fsp3) is 0.133. The van der Waals surface area contributed by atoms with Gasteiger partial charge in [-0.2, -0.15) is 0 Å². The van der Waals surface area contributed by atoms with E-state index in [2.05, 4.69) is 15.0 Å². The van der Waals surface area contributed by atoms with E-state index in [1.807, 2.05) is 24.3 Å². The first-order chi connectivity index (χ1) is 10.2. The smallest absolute Gasteiger partial charge is 0.220 e. The lowest BCUT2D eigenvalue weighted by molar-refractivity contribution is 0.414. The molecule has 0 radical (unpaired) electrons. The molecule has 0 saturated carbocycles. The number of hydrogen-bond acceptors (Lipinski definition) is 6. The van der Waals surface area contributed by atoms with Crippen LogP contribution in [-0.4, -0.2) is 22.1 Å². The van der Waals surface area contributed by atoms with Crippen LogP contribution in [0.25, 0.3) is 10.9 Å². The van der Waals surface area contributed by atoms with E-state index in [4.69, 9.17) is 16.2 Å². The first kappa shape index (κ1) is 13.1. The van der Waals surface area contributed by atoms with Crippen molar-refractivity contribution in [3.05, 3.63) is 47.8 Å². The van der Waals surface area contributed by atoms with Crippen LogP contribution in [0.2, 0.25) is 0 Å². The minimum Gasteiger partial charge on any atom is -0.497 e. The number of anilines is 2. The number of rotatable bonds is 3. The van der Waals surface area contributed by atoms with E-state index in [0.717, 1.165) is 22.4 Å². The minimum atomic E-state index is 0.233. The maximum Gasteiger partial charge on any atom is 0.220 e. The summed E-state index contributed by atoms with van der Waals surface area (Å²) in [5.41, 5.74) is 14.3. The van der Waals surface area contributed by atoms with Gasteiger partial charge in [-0.15, -0.1) is 0 Å². The largest absolute Gasteiger partial charge is 0.497 e. The second kappa shape index (κ2) is 5.24. The van der Waals surface area contributed by atoms with Crippen LogP contribution in [0.1, 0.15) is 11.3 Å². The summed E-state index contributed by atoms with van der Waals surface area (Å²) in [6.45, 7) is 0. The Kier molecular flexibility index (Phi) is 3.27. The molecule has 1 aromatic carbocycles. The molecule has 4 N–H and O–H groups in total. The van der Waals surface area contributed by atoms with Gasteiger partial charge in [-0.3, -0.25) is 0 Å². The maximum absolute atomic E-state index is 5.95. The molecule has 3 aromatic rings. The molecule has 0 aliphatic carbocycles. The van der Waals surface area contributed by atoms with Gasteiger partial charge >= 0.3 is 0 Å². The molecule has 0 fully saturated rings. The summed E-state index contributed by atoms with van der Waals surface area (Å²) in [5, 5.41) is 0.752. The van der Waals surface area contributed by atoms with E-state index < -0.39 is 0 Å². The van der Waals surface area contributed by atoms with Crippen molar-refractivity contribution in [3.63, 3.8) is 0 Å². The number of nitrogens with zero attached hydrogens (tertiary/aromatic N) is 3. The SMILES string of the molecule is COc1ccc(Cc2nc(N)nc3ccnc(N)c23)cc1. The monoisotopic (exact) mass is 281 g/mol. The minimum absolute atomic E-state index is 0.233. The lowest BCUT2D eigenvalue weighted by Gasteiger charge is -2.09. The van der Waals surface area contributed by atoms with Gasteiger partial charge in [0.05, 0.1) is 23.7 Å². The molecule has 6 nitrogen and oxygen atoms in total. The van der Waals surface area contributed by atoms with Crippen molar-refractivity contribution in [3.8, 4) is 5.75 Å². The Labute approximate surface area is 121 Å². The van der Waals surface area contributed by atoms with Gasteiger partial charge in [0.1, 0.15) is 11.6 Å².